The summed E-state index contributed by atoms with van der Waals surface area (Å²) in [6, 6.07) is 0. The maximum Gasteiger partial charge on any atom is 0.141 e. The van der Waals surface area contributed by atoms with Crippen LogP contribution in [0.2, 0.25) is 0 Å². The first-order valence-electron chi connectivity index (χ1n) is 6.43. The van der Waals surface area contributed by atoms with Gasteiger partial charge in [-0.25, -0.2) is 0 Å². The highest BCUT2D eigenvalue weighted by Gasteiger charge is 2.39. The zero-order chi connectivity index (χ0) is 11.5. The standard InChI is InChI=1S/C13H20Br2O/c14-7-11(9-3-1-4-9)13(16)12(8-15)10-5-2-6-10/h9-12H,1-8H2. The highest BCUT2D eigenvalue weighted by atomic mass is 79.9. The first kappa shape index (κ1) is 13.1. The van der Waals surface area contributed by atoms with Gasteiger partial charge in [0.25, 0.3) is 0 Å². The van der Waals surface area contributed by atoms with Crippen molar-refractivity contribution < 1.29 is 4.79 Å². The van der Waals surface area contributed by atoms with Crippen LogP contribution in [0.1, 0.15) is 38.5 Å². The molecule has 2 fully saturated rings. The van der Waals surface area contributed by atoms with E-state index in [0.29, 0.717) is 17.6 Å². The molecule has 2 saturated carbocycles. The summed E-state index contributed by atoms with van der Waals surface area (Å²) in [4.78, 5) is 12.5. The van der Waals surface area contributed by atoms with E-state index in [-0.39, 0.29) is 11.8 Å². The summed E-state index contributed by atoms with van der Waals surface area (Å²) in [5.41, 5.74) is 0. The van der Waals surface area contributed by atoms with Gasteiger partial charge in [-0.15, -0.1) is 0 Å². The molecule has 2 aliphatic carbocycles. The first-order chi connectivity index (χ1) is 7.77. The van der Waals surface area contributed by atoms with Gasteiger partial charge in [0.05, 0.1) is 0 Å². The Labute approximate surface area is 115 Å². The van der Waals surface area contributed by atoms with Gasteiger partial charge < -0.3 is 0 Å². The van der Waals surface area contributed by atoms with Crippen molar-refractivity contribution in [2.24, 2.45) is 23.7 Å². The highest BCUT2D eigenvalue weighted by Crippen LogP contribution is 2.41. The van der Waals surface area contributed by atoms with E-state index in [1.54, 1.807) is 0 Å². The van der Waals surface area contributed by atoms with Crippen LogP contribution in [0.3, 0.4) is 0 Å². The summed E-state index contributed by atoms with van der Waals surface area (Å²) < 4.78 is 0. The lowest BCUT2D eigenvalue weighted by Gasteiger charge is -2.38. The summed E-state index contributed by atoms with van der Waals surface area (Å²) in [6.45, 7) is 0. The third-order valence-electron chi connectivity index (χ3n) is 4.50. The summed E-state index contributed by atoms with van der Waals surface area (Å²) in [7, 11) is 0. The summed E-state index contributed by atoms with van der Waals surface area (Å²) in [5.74, 6) is 2.46. The van der Waals surface area contributed by atoms with Gasteiger partial charge in [-0.3, -0.25) is 4.79 Å². The van der Waals surface area contributed by atoms with E-state index in [0.717, 1.165) is 10.7 Å². The Kier molecular flexibility index (Phi) is 4.89. The topological polar surface area (TPSA) is 17.1 Å². The second-order valence-electron chi connectivity index (χ2n) is 5.31. The van der Waals surface area contributed by atoms with Crippen molar-refractivity contribution in [3.8, 4) is 0 Å². The maximum atomic E-state index is 12.5. The van der Waals surface area contributed by atoms with E-state index < -0.39 is 0 Å². The summed E-state index contributed by atoms with van der Waals surface area (Å²) >= 11 is 7.08. The molecule has 0 bridgehead atoms. The minimum absolute atomic E-state index is 0.289. The molecule has 0 heterocycles. The minimum atomic E-state index is 0.289. The number of Topliss-reactive ketones (excluding diaryl/α,β-unsaturated/α-hetero) is 1. The molecule has 0 spiro atoms. The maximum absolute atomic E-state index is 12.5. The number of carbonyl (C=O) groups is 1. The van der Waals surface area contributed by atoms with Crippen molar-refractivity contribution in [3.63, 3.8) is 0 Å². The smallest absolute Gasteiger partial charge is 0.141 e. The Morgan fingerprint density at radius 1 is 0.938 bits per heavy atom. The Bertz CT molecular complexity index is 222. The van der Waals surface area contributed by atoms with Crippen molar-refractivity contribution in [1.29, 1.82) is 0 Å². The van der Waals surface area contributed by atoms with Crippen LogP contribution >= 0.6 is 31.9 Å². The van der Waals surface area contributed by atoms with Crippen LogP contribution < -0.4 is 0 Å². The zero-order valence-electron chi connectivity index (χ0n) is 9.63. The minimum Gasteiger partial charge on any atom is -0.299 e. The second-order valence-corrected chi connectivity index (χ2v) is 6.60. The molecule has 0 saturated heterocycles. The monoisotopic (exact) mass is 350 g/mol. The Morgan fingerprint density at radius 3 is 1.50 bits per heavy atom. The molecule has 3 heteroatoms. The van der Waals surface area contributed by atoms with Crippen LogP contribution in [-0.4, -0.2) is 16.4 Å². The molecule has 2 atom stereocenters. The van der Waals surface area contributed by atoms with Gasteiger partial charge in [-0.1, -0.05) is 44.7 Å². The molecule has 0 radical (unpaired) electrons. The molecule has 1 nitrogen and oxygen atoms in total. The predicted molar refractivity (Wildman–Crippen MR) is 74.3 cm³/mol. The molecular formula is C13H20Br2O. The number of ketones is 1. The lowest BCUT2D eigenvalue weighted by atomic mass is 9.68. The lowest BCUT2D eigenvalue weighted by Crippen LogP contribution is -2.39. The average molecular weight is 352 g/mol. The second kappa shape index (κ2) is 5.99. The van der Waals surface area contributed by atoms with E-state index in [1.165, 1.54) is 38.5 Å². The van der Waals surface area contributed by atoms with E-state index in [4.69, 9.17) is 0 Å². The van der Waals surface area contributed by atoms with Crippen LogP contribution in [0.25, 0.3) is 0 Å². The number of halogens is 2. The molecule has 2 aliphatic rings. The van der Waals surface area contributed by atoms with E-state index in [9.17, 15) is 4.79 Å². The fraction of sp³-hybridized carbons (Fsp3) is 0.923. The quantitative estimate of drug-likeness (QED) is 0.656. The zero-order valence-corrected chi connectivity index (χ0v) is 12.8. The SMILES string of the molecule is O=C(C(CBr)C1CCC1)C(CBr)C1CCC1. The van der Waals surface area contributed by atoms with Gasteiger partial charge in [0.15, 0.2) is 0 Å². The number of hydrogen-bond donors (Lipinski definition) is 0. The molecule has 0 aliphatic heterocycles. The van der Waals surface area contributed by atoms with Crippen LogP contribution in [-0.2, 0) is 4.79 Å². The largest absolute Gasteiger partial charge is 0.299 e. The van der Waals surface area contributed by atoms with Crippen LogP contribution in [0, 0.1) is 23.7 Å². The third-order valence-corrected chi connectivity index (χ3v) is 5.90. The van der Waals surface area contributed by atoms with E-state index in [2.05, 4.69) is 31.9 Å². The van der Waals surface area contributed by atoms with Gasteiger partial charge in [0.1, 0.15) is 5.78 Å². The number of hydrogen-bond acceptors (Lipinski definition) is 1. The van der Waals surface area contributed by atoms with Crippen LogP contribution in [0.15, 0.2) is 0 Å². The van der Waals surface area contributed by atoms with Gasteiger partial charge in [0.2, 0.25) is 0 Å². The average Bonchev–Trinajstić information content (AvgIpc) is 2.15. The number of alkyl halides is 2. The molecule has 0 amide bonds. The molecule has 0 aromatic rings. The number of carbonyl (C=O) groups excluding carboxylic acids is 1. The van der Waals surface area contributed by atoms with Gasteiger partial charge >= 0.3 is 0 Å². The Morgan fingerprint density at radius 2 is 1.31 bits per heavy atom. The third kappa shape index (κ3) is 2.55. The van der Waals surface area contributed by atoms with Gasteiger partial charge in [-0.2, -0.15) is 0 Å². The molecule has 0 aromatic heterocycles. The lowest BCUT2D eigenvalue weighted by molar-refractivity contribution is -0.130. The van der Waals surface area contributed by atoms with Gasteiger partial charge in [0, 0.05) is 22.5 Å². The molecule has 2 rings (SSSR count). The van der Waals surface area contributed by atoms with E-state index >= 15 is 0 Å². The van der Waals surface area contributed by atoms with Crippen molar-refractivity contribution in [3.05, 3.63) is 0 Å². The van der Waals surface area contributed by atoms with Crippen LogP contribution in [0.5, 0.6) is 0 Å². The predicted octanol–water partition coefficient (Wildman–Crippen LogP) is 4.18. The van der Waals surface area contributed by atoms with Crippen molar-refractivity contribution in [2.45, 2.75) is 38.5 Å². The number of rotatable bonds is 6. The normalized spacial score (nSPS) is 25.6. The van der Waals surface area contributed by atoms with Crippen LogP contribution in [0.4, 0.5) is 0 Å². The van der Waals surface area contributed by atoms with Crippen molar-refractivity contribution >= 4 is 37.6 Å². The Hall–Kier alpha value is 0.630. The summed E-state index contributed by atoms with van der Waals surface area (Å²) in [5, 5.41) is 1.74. The Balaban J connectivity index is 1.96. The van der Waals surface area contributed by atoms with Gasteiger partial charge in [-0.05, 0) is 37.5 Å². The highest BCUT2D eigenvalue weighted by molar-refractivity contribution is 9.09. The molecule has 0 aromatic carbocycles. The fourth-order valence-electron chi connectivity index (χ4n) is 2.83. The molecular weight excluding hydrogens is 332 g/mol. The summed E-state index contributed by atoms with van der Waals surface area (Å²) in [6.07, 6.45) is 7.71. The molecule has 16 heavy (non-hydrogen) atoms. The van der Waals surface area contributed by atoms with Crippen molar-refractivity contribution in [1.82, 2.24) is 0 Å². The molecule has 2 unspecified atom stereocenters. The molecule has 92 valence electrons. The first-order valence-corrected chi connectivity index (χ1v) is 8.68. The van der Waals surface area contributed by atoms with E-state index in [1.807, 2.05) is 0 Å². The van der Waals surface area contributed by atoms with Crippen molar-refractivity contribution in [2.75, 3.05) is 10.7 Å². The fourth-order valence-corrected chi connectivity index (χ4v) is 4.52. The molecule has 0 N–H and O–H groups in total.